The minimum atomic E-state index is -3.64. The van der Waals surface area contributed by atoms with Crippen molar-refractivity contribution in [1.29, 1.82) is 0 Å². The predicted molar refractivity (Wildman–Crippen MR) is 132 cm³/mol. The molecule has 0 saturated carbocycles. The van der Waals surface area contributed by atoms with Crippen LogP contribution >= 0.6 is 11.6 Å². The fourth-order valence-corrected chi connectivity index (χ4v) is 7.30. The zero-order chi connectivity index (χ0) is 23.8. The number of carbonyl (C=O) groups excluding carboxylic acids is 1. The van der Waals surface area contributed by atoms with Gasteiger partial charge >= 0.3 is 0 Å². The van der Waals surface area contributed by atoms with E-state index in [1.54, 1.807) is 0 Å². The average Bonchev–Trinajstić information content (AvgIpc) is 2.78. The molecular formula is C25H32ClN3O3S. The molecule has 1 amide bonds. The number of sulfonamides is 1. The molecule has 0 bridgehead atoms. The Labute approximate surface area is 202 Å². The Bertz CT molecular complexity index is 1120. The van der Waals surface area contributed by atoms with Crippen LogP contribution in [0.3, 0.4) is 0 Å². The van der Waals surface area contributed by atoms with Crippen molar-refractivity contribution in [2.24, 2.45) is 5.92 Å². The van der Waals surface area contributed by atoms with Crippen LogP contribution in [0.4, 0.5) is 5.69 Å². The molecule has 2 heterocycles. The lowest BCUT2D eigenvalue weighted by atomic mass is 9.97. The number of halogens is 1. The minimum absolute atomic E-state index is 0.0676. The smallest absolute Gasteiger partial charge is 0.243 e. The second-order valence-electron chi connectivity index (χ2n) is 9.22. The summed E-state index contributed by atoms with van der Waals surface area (Å²) >= 11 is 6.12. The van der Waals surface area contributed by atoms with Crippen LogP contribution in [0.2, 0.25) is 5.02 Å². The molecule has 4 rings (SSSR count). The van der Waals surface area contributed by atoms with Gasteiger partial charge in [-0.3, -0.25) is 4.79 Å². The van der Waals surface area contributed by atoms with Crippen molar-refractivity contribution in [2.45, 2.75) is 38.5 Å². The fraction of sp³-hybridized carbons (Fsp3) is 0.480. The molecular weight excluding hydrogens is 458 g/mol. The van der Waals surface area contributed by atoms with E-state index in [1.165, 1.54) is 4.31 Å². The third kappa shape index (κ3) is 5.05. The Balaban J connectivity index is 1.43. The van der Waals surface area contributed by atoms with Gasteiger partial charge in [0.25, 0.3) is 0 Å². The lowest BCUT2D eigenvalue weighted by molar-refractivity contribution is -0.137. The quantitative estimate of drug-likeness (QED) is 0.651. The average molecular weight is 490 g/mol. The summed E-state index contributed by atoms with van der Waals surface area (Å²) in [5, 5.41) is 0.702. The zero-order valence-corrected chi connectivity index (χ0v) is 21.1. The van der Waals surface area contributed by atoms with Crippen molar-refractivity contribution >= 4 is 33.2 Å². The minimum Gasteiger partial charge on any atom is -0.368 e. The number of aryl methyl sites for hydroxylation is 3. The second-order valence-corrected chi connectivity index (χ2v) is 11.5. The molecule has 1 atom stereocenters. The normalized spacial score (nSPS) is 20.2. The molecule has 2 aromatic rings. The van der Waals surface area contributed by atoms with Gasteiger partial charge in [-0.2, -0.15) is 4.31 Å². The van der Waals surface area contributed by atoms with Gasteiger partial charge in [0.15, 0.2) is 0 Å². The van der Waals surface area contributed by atoms with Crippen molar-refractivity contribution in [1.82, 2.24) is 9.21 Å². The summed E-state index contributed by atoms with van der Waals surface area (Å²) in [5.74, 6) is -0.227. The van der Waals surface area contributed by atoms with Crippen molar-refractivity contribution in [3.8, 4) is 0 Å². The maximum absolute atomic E-state index is 13.5. The Kier molecular flexibility index (Phi) is 7.03. The van der Waals surface area contributed by atoms with Crippen LogP contribution in [-0.2, 0) is 14.8 Å². The van der Waals surface area contributed by atoms with E-state index >= 15 is 0 Å². The SMILES string of the molecule is Cc1cc(C)c(S(=O)(=O)N2CCC[C@H](C(=O)N3CCN(c4cccc(Cl)c4)CC3)C2)c(C)c1. The highest BCUT2D eigenvalue weighted by Crippen LogP contribution is 2.30. The first kappa shape index (κ1) is 24.0. The third-order valence-electron chi connectivity index (χ3n) is 6.70. The number of piperazine rings is 1. The number of amides is 1. The van der Waals surface area contributed by atoms with Crippen molar-refractivity contribution in [3.05, 3.63) is 58.1 Å². The van der Waals surface area contributed by atoms with Crippen LogP contribution in [0.1, 0.15) is 29.5 Å². The van der Waals surface area contributed by atoms with E-state index in [-0.39, 0.29) is 18.4 Å². The van der Waals surface area contributed by atoms with Gasteiger partial charge in [0.1, 0.15) is 0 Å². The monoisotopic (exact) mass is 489 g/mol. The second kappa shape index (κ2) is 9.65. The van der Waals surface area contributed by atoms with E-state index < -0.39 is 10.0 Å². The highest BCUT2D eigenvalue weighted by Gasteiger charge is 2.37. The Morgan fingerprint density at radius 2 is 1.64 bits per heavy atom. The molecule has 2 saturated heterocycles. The summed E-state index contributed by atoms with van der Waals surface area (Å²) in [6.07, 6.45) is 1.42. The molecule has 2 aliphatic rings. The number of nitrogens with zero attached hydrogens (tertiary/aromatic N) is 3. The van der Waals surface area contributed by atoms with Gasteiger partial charge in [0.2, 0.25) is 15.9 Å². The summed E-state index contributed by atoms with van der Waals surface area (Å²) in [6.45, 7) is 9.11. The molecule has 2 fully saturated rings. The van der Waals surface area contributed by atoms with Gasteiger partial charge < -0.3 is 9.80 Å². The van der Waals surface area contributed by atoms with Crippen LogP contribution in [0.25, 0.3) is 0 Å². The molecule has 33 heavy (non-hydrogen) atoms. The predicted octanol–water partition coefficient (Wildman–Crippen LogP) is 4.01. The maximum Gasteiger partial charge on any atom is 0.243 e. The first-order valence-electron chi connectivity index (χ1n) is 11.5. The van der Waals surface area contributed by atoms with Gasteiger partial charge in [-0.05, 0) is 62.9 Å². The molecule has 0 spiro atoms. The van der Waals surface area contributed by atoms with E-state index in [2.05, 4.69) is 4.90 Å². The lowest BCUT2D eigenvalue weighted by Crippen LogP contribution is -2.53. The van der Waals surface area contributed by atoms with Gasteiger partial charge in [-0.25, -0.2) is 8.42 Å². The maximum atomic E-state index is 13.5. The number of piperidine rings is 1. The standard InChI is InChI=1S/C25H32ClN3O3S/c1-18-14-19(2)24(20(3)15-18)33(31,32)29-9-5-6-21(17-29)25(30)28-12-10-27(11-13-28)23-8-4-7-22(26)16-23/h4,7-8,14-16,21H,5-6,9-13,17H2,1-3H3/t21-/m0/s1. The van der Waals surface area contributed by atoms with E-state index in [0.29, 0.717) is 36.0 Å². The Morgan fingerprint density at radius 1 is 0.970 bits per heavy atom. The summed E-state index contributed by atoms with van der Waals surface area (Å²) in [5.41, 5.74) is 3.64. The molecule has 0 N–H and O–H groups in total. The van der Waals surface area contributed by atoms with E-state index in [0.717, 1.165) is 41.9 Å². The summed E-state index contributed by atoms with van der Waals surface area (Å²) in [4.78, 5) is 17.8. The van der Waals surface area contributed by atoms with Crippen molar-refractivity contribution < 1.29 is 13.2 Å². The van der Waals surface area contributed by atoms with Gasteiger partial charge in [-0.1, -0.05) is 35.4 Å². The third-order valence-corrected chi connectivity index (χ3v) is 9.11. The highest BCUT2D eigenvalue weighted by molar-refractivity contribution is 7.89. The number of hydrogen-bond acceptors (Lipinski definition) is 4. The molecule has 2 aromatic carbocycles. The topological polar surface area (TPSA) is 60.9 Å². The summed E-state index contributed by atoms with van der Waals surface area (Å²) in [7, 11) is -3.64. The van der Waals surface area contributed by atoms with Gasteiger partial charge in [0, 0.05) is 50.0 Å². The van der Waals surface area contributed by atoms with Gasteiger partial charge in [0.05, 0.1) is 10.8 Å². The largest absolute Gasteiger partial charge is 0.368 e. The molecule has 0 aliphatic carbocycles. The van der Waals surface area contributed by atoms with Crippen LogP contribution in [0, 0.1) is 26.7 Å². The number of hydrogen-bond donors (Lipinski definition) is 0. The fourth-order valence-electron chi connectivity index (χ4n) is 5.18. The molecule has 0 aromatic heterocycles. The van der Waals surface area contributed by atoms with E-state index in [1.807, 2.05) is 62.1 Å². The molecule has 178 valence electrons. The summed E-state index contributed by atoms with van der Waals surface area (Å²) < 4.78 is 28.5. The molecule has 0 unspecified atom stereocenters. The first-order valence-corrected chi connectivity index (χ1v) is 13.4. The Hall–Kier alpha value is -2.09. The van der Waals surface area contributed by atoms with Crippen LogP contribution in [0.5, 0.6) is 0 Å². The number of carbonyl (C=O) groups is 1. The lowest BCUT2D eigenvalue weighted by Gasteiger charge is -2.39. The van der Waals surface area contributed by atoms with E-state index in [4.69, 9.17) is 11.6 Å². The molecule has 6 nitrogen and oxygen atoms in total. The van der Waals surface area contributed by atoms with Gasteiger partial charge in [-0.15, -0.1) is 0 Å². The van der Waals surface area contributed by atoms with Crippen LogP contribution in [-0.4, -0.2) is 62.8 Å². The van der Waals surface area contributed by atoms with Crippen LogP contribution in [0.15, 0.2) is 41.3 Å². The number of benzene rings is 2. The highest BCUT2D eigenvalue weighted by atomic mass is 35.5. The van der Waals surface area contributed by atoms with Crippen molar-refractivity contribution in [3.63, 3.8) is 0 Å². The number of anilines is 1. The first-order chi connectivity index (χ1) is 15.7. The molecule has 8 heteroatoms. The van der Waals surface area contributed by atoms with E-state index in [9.17, 15) is 13.2 Å². The van der Waals surface area contributed by atoms with Crippen LogP contribution < -0.4 is 4.90 Å². The number of rotatable bonds is 4. The van der Waals surface area contributed by atoms with Crippen molar-refractivity contribution in [2.75, 3.05) is 44.2 Å². The zero-order valence-electron chi connectivity index (χ0n) is 19.6. The molecule has 2 aliphatic heterocycles. The molecule has 0 radical (unpaired) electrons. The Morgan fingerprint density at radius 3 is 2.27 bits per heavy atom. The summed E-state index contributed by atoms with van der Waals surface area (Å²) in [6, 6.07) is 11.6.